The number of methoxy groups -OCH3 is 1. The topological polar surface area (TPSA) is 94.5 Å². The van der Waals surface area contributed by atoms with Crippen molar-refractivity contribution >= 4 is 35.2 Å². The lowest BCUT2D eigenvalue weighted by Gasteiger charge is -2.27. The van der Waals surface area contributed by atoms with Gasteiger partial charge in [0, 0.05) is 11.2 Å². The van der Waals surface area contributed by atoms with Gasteiger partial charge in [0.1, 0.15) is 5.60 Å². The van der Waals surface area contributed by atoms with Crippen molar-refractivity contribution < 1.29 is 23.5 Å². The third-order valence-corrected chi connectivity index (χ3v) is 4.26. The van der Waals surface area contributed by atoms with Crippen LogP contribution in [0.25, 0.3) is 11.3 Å². The van der Waals surface area contributed by atoms with E-state index in [2.05, 4.69) is 19.7 Å². The zero-order valence-electron chi connectivity index (χ0n) is 17.8. The summed E-state index contributed by atoms with van der Waals surface area (Å²) in [6.45, 7) is 5.17. The van der Waals surface area contributed by atoms with Crippen molar-refractivity contribution in [3.63, 3.8) is 0 Å². The number of anilines is 2. The van der Waals surface area contributed by atoms with E-state index in [1.165, 1.54) is 30.5 Å². The summed E-state index contributed by atoms with van der Waals surface area (Å²) in [6, 6.07) is 7.76. The summed E-state index contributed by atoms with van der Waals surface area (Å²) in [7, 11) is 1.20. The lowest BCUT2D eigenvalue weighted by atomic mass is 10.1. The number of carbonyl (C=O) groups excluding carboxylic acids is 2. The van der Waals surface area contributed by atoms with Gasteiger partial charge in [0.05, 0.1) is 42.0 Å². The van der Waals surface area contributed by atoms with E-state index in [-0.39, 0.29) is 22.6 Å². The molecule has 0 saturated carbocycles. The van der Waals surface area contributed by atoms with Crippen LogP contribution in [0, 0.1) is 5.95 Å². The highest BCUT2D eigenvalue weighted by atomic mass is 35.5. The van der Waals surface area contributed by atoms with Gasteiger partial charge in [-0.1, -0.05) is 17.7 Å². The maximum atomic E-state index is 14.5. The lowest BCUT2D eigenvalue weighted by Crippen LogP contribution is -2.34. The van der Waals surface area contributed by atoms with Crippen molar-refractivity contribution in [1.29, 1.82) is 0 Å². The highest BCUT2D eigenvalue weighted by Gasteiger charge is 2.27. The van der Waals surface area contributed by atoms with E-state index in [1.54, 1.807) is 45.0 Å². The Kier molecular flexibility index (Phi) is 6.69. The van der Waals surface area contributed by atoms with E-state index in [0.29, 0.717) is 10.7 Å². The van der Waals surface area contributed by atoms with Crippen LogP contribution in [0.5, 0.6) is 0 Å². The fraction of sp³-hybridized carbons (Fsp3) is 0.227. The van der Waals surface area contributed by atoms with Crippen LogP contribution in [0.4, 0.5) is 20.7 Å². The molecule has 0 radical (unpaired) electrons. The fourth-order valence-corrected chi connectivity index (χ4v) is 2.89. The quantitative estimate of drug-likeness (QED) is 0.392. The summed E-state index contributed by atoms with van der Waals surface area (Å²) in [6.07, 6.45) is 2.94. The molecule has 0 aliphatic heterocycles. The van der Waals surface area contributed by atoms with E-state index in [1.807, 2.05) is 0 Å². The van der Waals surface area contributed by atoms with Crippen molar-refractivity contribution in [3.8, 4) is 11.3 Å². The molecule has 0 fully saturated rings. The third-order valence-electron chi connectivity index (χ3n) is 4.03. The third kappa shape index (κ3) is 5.36. The predicted molar refractivity (Wildman–Crippen MR) is 116 cm³/mol. The minimum atomic E-state index is -0.865. The molecular formula is C22H20ClFN4O4. The Hall–Kier alpha value is -3.59. The number of pyridine rings is 1. The van der Waals surface area contributed by atoms with Gasteiger partial charge in [0.15, 0.2) is 5.82 Å². The maximum Gasteiger partial charge on any atom is 0.420 e. The molecule has 166 valence electrons. The monoisotopic (exact) mass is 458 g/mol. The number of ether oxygens (including phenoxy) is 2. The Labute approximate surface area is 189 Å². The number of hydrogen-bond donors (Lipinski definition) is 0. The molecule has 3 aromatic rings. The SMILES string of the molecule is COC(=O)c1cnc(F)c(-c2cncc(N(C(=O)OC(C)(C)C)c3cccc(Cl)c3)n2)c1. The zero-order valence-corrected chi connectivity index (χ0v) is 18.6. The van der Waals surface area contributed by atoms with Crippen LogP contribution in [0.15, 0.2) is 48.9 Å². The van der Waals surface area contributed by atoms with Crippen molar-refractivity contribution in [2.24, 2.45) is 0 Å². The molecule has 3 rings (SSSR count). The maximum absolute atomic E-state index is 14.5. The summed E-state index contributed by atoms with van der Waals surface area (Å²) in [5.41, 5.74) is -0.412. The van der Waals surface area contributed by atoms with Gasteiger partial charge in [-0.2, -0.15) is 4.39 Å². The van der Waals surface area contributed by atoms with Crippen molar-refractivity contribution in [3.05, 3.63) is 65.5 Å². The molecule has 32 heavy (non-hydrogen) atoms. The second-order valence-electron chi connectivity index (χ2n) is 7.61. The van der Waals surface area contributed by atoms with Crippen LogP contribution >= 0.6 is 11.6 Å². The average molecular weight is 459 g/mol. The van der Waals surface area contributed by atoms with E-state index in [9.17, 15) is 14.0 Å². The summed E-state index contributed by atoms with van der Waals surface area (Å²) < 4.78 is 24.6. The summed E-state index contributed by atoms with van der Waals surface area (Å²) >= 11 is 6.11. The van der Waals surface area contributed by atoms with Gasteiger partial charge < -0.3 is 9.47 Å². The van der Waals surface area contributed by atoms with E-state index in [0.717, 1.165) is 6.20 Å². The minimum Gasteiger partial charge on any atom is -0.465 e. The molecule has 0 N–H and O–H groups in total. The highest BCUT2D eigenvalue weighted by Crippen LogP contribution is 2.30. The molecule has 0 saturated heterocycles. The average Bonchev–Trinajstić information content (AvgIpc) is 2.72. The molecule has 0 atom stereocenters. The van der Waals surface area contributed by atoms with Gasteiger partial charge in [0.25, 0.3) is 0 Å². The number of esters is 1. The van der Waals surface area contributed by atoms with E-state index >= 15 is 0 Å². The molecule has 1 aromatic carbocycles. The number of hydrogen-bond acceptors (Lipinski definition) is 7. The smallest absolute Gasteiger partial charge is 0.420 e. The number of benzene rings is 1. The molecule has 2 heterocycles. The Bertz CT molecular complexity index is 1170. The Morgan fingerprint density at radius 3 is 2.53 bits per heavy atom. The molecule has 2 aromatic heterocycles. The first-order valence-corrected chi connectivity index (χ1v) is 9.82. The largest absolute Gasteiger partial charge is 0.465 e. The van der Waals surface area contributed by atoms with Gasteiger partial charge in [-0.25, -0.2) is 24.5 Å². The predicted octanol–water partition coefficient (Wildman–Crippen LogP) is 5.19. The van der Waals surface area contributed by atoms with E-state index < -0.39 is 23.6 Å². The normalized spacial score (nSPS) is 11.1. The lowest BCUT2D eigenvalue weighted by molar-refractivity contribution is 0.0589. The van der Waals surface area contributed by atoms with Crippen LogP contribution in [-0.2, 0) is 9.47 Å². The molecule has 0 spiro atoms. The first-order valence-electron chi connectivity index (χ1n) is 9.44. The number of amides is 1. The molecule has 1 amide bonds. The number of nitrogens with zero attached hydrogens (tertiary/aromatic N) is 4. The molecule has 0 bridgehead atoms. The van der Waals surface area contributed by atoms with Crippen LogP contribution in [-0.4, -0.2) is 39.7 Å². The Morgan fingerprint density at radius 1 is 1.12 bits per heavy atom. The fourth-order valence-electron chi connectivity index (χ4n) is 2.70. The first kappa shape index (κ1) is 23.1. The standard InChI is InChI=1S/C22H20ClFN4O4/c1-22(2,3)32-21(30)28(15-7-5-6-14(23)9-15)18-12-25-11-17(27-18)16-8-13(20(29)31-4)10-26-19(16)24/h5-12H,1-4H3. The summed E-state index contributed by atoms with van der Waals surface area (Å²) in [4.78, 5) is 38.1. The second kappa shape index (κ2) is 9.27. The van der Waals surface area contributed by atoms with Gasteiger partial charge >= 0.3 is 12.1 Å². The molecule has 10 heteroatoms. The molecule has 0 unspecified atom stereocenters. The number of aromatic nitrogens is 3. The zero-order chi connectivity index (χ0) is 23.5. The summed E-state index contributed by atoms with van der Waals surface area (Å²) in [5, 5.41) is 0.390. The van der Waals surface area contributed by atoms with Crippen LogP contribution in [0.3, 0.4) is 0 Å². The highest BCUT2D eigenvalue weighted by molar-refractivity contribution is 6.31. The molecule has 0 aliphatic carbocycles. The van der Waals surface area contributed by atoms with Crippen molar-refractivity contribution in [1.82, 2.24) is 15.0 Å². The van der Waals surface area contributed by atoms with Gasteiger partial charge in [0.2, 0.25) is 5.95 Å². The molecule has 0 aliphatic rings. The number of carbonyl (C=O) groups is 2. The first-order chi connectivity index (χ1) is 15.1. The second-order valence-corrected chi connectivity index (χ2v) is 8.05. The Morgan fingerprint density at radius 2 is 1.88 bits per heavy atom. The van der Waals surface area contributed by atoms with Crippen LogP contribution in [0.1, 0.15) is 31.1 Å². The molecular weight excluding hydrogens is 439 g/mol. The van der Waals surface area contributed by atoms with Crippen LogP contribution < -0.4 is 4.90 Å². The summed E-state index contributed by atoms with van der Waals surface area (Å²) in [5.74, 6) is -1.49. The van der Waals surface area contributed by atoms with E-state index in [4.69, 9.17) is 16.3 Å². The van der Waals surface area contributed by atoms with Gasteiger partial charge in [-0.3, -0.25) is 4.98 Å². The Balaban J connectivity index is 2.11. The minimum absolute atomic E-state index is 0.0370. The number of rotatable bonds is 4. The van der Waals surface area contributed by atoms with Crippen molar-refractivity contribution in [2.75, 3.05) is 12.0 Å². The van der Waals surface area contributed by atoms with Crippen molar-refractivity contribution in [2.45, 2.75) is 26.4 Å². The van der Waals surface area contributed by atoms with Gasteiger partial charge in [-0.05, 0) is 45.0 Å². The van der Waals surface area contributed by atoms with Crippen LogP contribution in [0.2, 0.25) is 5.02 Å². The number of halogens is 2. The van der Waals surface area contributed by atoms with Gasteiger partial charge in [-0.15, -0.1) is 0 Å². The molecule has 8 nitrogen and oxygen atoms in total.